The van der Waals surface area contributed by atoms with Gasteiger partial charge in [-0.15, -0.1) is 10.2 Å². The number of thioether (sulfide) groups is 1. The quantitative estimate of drug-likeness (QED) is 0.470. The molecule has 2 N–H and O–H groups in total. The summed E-state index contributed by atoms with van der Waals surface area (Å²) in [5.41, 5.74) is 1.20. The third kappa shape index (κ3) is 4.62. The number of nitrogens with one attached hydrogen (secondary N) is 2. The Morgan fingerprint density at radius 2 is 1.88 bits per heavy atom. The van der Waals surface area contributed by atoms with Crippen molar-refractivity contribution in [1.29, 1.82) is 0 Å². The number of benzene rings is 1. The van der Waals surface area contributed by atoms with Crippen LogP contribution in [0.3, 0.4) is 0 Å². The molecule has 4 aliphatic rings. The monoisotopic (exact) mass is 472 g/mol. The van der Waals surface area contributed by atoms with Crippen molar-refractivity contribution in [1.82, 2.24) is 15.5 Å². The van der Waals surface area contributed by atoms with Crippen molar-refractivity contribution in [3.63, 3.8) is 0 Å². The van der Waals surface area contributed by atoms with Crippen LogP contribution in [-0.4, -0.2) is 34.5 Å². The van der Waals surface area contributed by atoms with Gasteiger partial charge in [-0.1, -0.05) is 35.2 Å². The number of carbonyl (C=O) groups excluding carboxylic acids is 1. The Bertz CT molecular complexity index is 928. The van der Waals surface area contributed by atoms with Gasteiger partial charge in [-0.05, 0) is 87.7 Å². The van der Waals surface area contributed by atoms with Crippen molar-refractivity contribution >= 4 is 39.8 Å². The van der Waals surface area contributed by atoms with Crippen LogP contribution in [0.15, 0.2) is 28.6 Å². The normalized spacial score (nSPS) is 29.0. The predicted molar refractivity (Wildman–Crippen MR) is 130 cm³/mol. The van der Waals surface area contributed by atoms with E-state index in [0.29, 0.717) is 22.9 Å². The fourth-order valence-electron chi connectivity index (χ4n) is 6.56. The molecule has 0 unspecified atom stereocenters. The zero-order valence-corrected chi connectivity index (χ0v) is 20.4. The molecular weight excluding hydrogens is 440 g/mol. The van der Waals surface area contributed by atoms with Crippen molar-refractivity contribution < 1.29 is 9.53 Å². The molecule has 4 aliphatic carbocycles. The van der Waals surface area contributed by atoms with Crippen molar-refractivity contribution in [3.05, 3.63) is 24.3 Å². The van der Waals surface area contributed by atoms with Crippen molar-refractivity contribution in [3.8, 4) is 5.75 Å². The van der Waals surface area contributed by atoms with E-state index >= 15 is 0 Å². The lowest BCUT2D eigenvalue weighted by molar-refractivity contribution is -0.123. The van der Waals surface area contributed by atoms with Gasteiger partial charge in [-0.3, -0.25) is 4.79 Å². The number of amides is 1. The van der Waals surface area contributed by atoms with Gasteiger partial charge in [0, 0.05) is 6.04 Å². The minimum Gasteiger partial charge on any atom is -0.492 e. The summed E-state index contributed by atoms with van der Waals surface area (Å²) < 4.78 is 6.45. The van der Waals surface area contributed by atoms with E-state index in [1.807, 2.05) is 31.2 Å². The molecule has 4 saturated carbocycles. The number of nitrogens with zero attached hydrogens (tertiary/aromatic N) is 2. The van der Waals surface area contributed by atoms with E-state index in [-0.39, 0.29) is 11.9 Å². The van der Waals surface area contributed by atoms with Gasteiger partial charge in [0.05, 0.1) is 18.0 Å². The standard InChI is InChI=1S/C24H32N4O2S2/c1-3-30-20-7-5-4-6-19(20)26-22-27-28-23(32-22)31-14-21(29)25-15(2)24-11-16-8-17(12-24)10-18(9-16)13-24/h4-7,15-18H,3,8-14H2,1-2H3,(H,25,29)(H,26,27)/t15-,16?,17?,18?,24?/m1/s1. The van der Waals surface area contributed by atoms with Crippen LogP contribution in [0.2, 0.25) is 0 Å². The van der Waals surface area contributed by atoms with E-state index in [2.05, 4.69) is 27.8 Å². The number of carbonyl (C=O) groups is 1. The minimum atomic E-state index is 0.102. The van der Waals surface area contributed by atoms with Crippen LogP contribution < -0.4 is 15.4 Å². The van der Waals surface area contributed by atoms with Gasteiger partial charge < -0.3 is 15.4 Å². The second-order valence-electron chi connectivity index (χ2n) is 9.79. The largest absolute Gasteiger partial charge is 0.492 e. The number of rotatable bonds is 9. The zero-order valence-electron chi connectivity index (χ0n) is 18.8. The van der Waals surface area contributed by atoms with Crippen LogP contribution in [-0.2, 0) is 4.79 Å². The first-order valence-corrected chi connectivity index (χ1v) is 13.6. The molecule has 1 amide bonds. The fourth-order valence-corrected chi connectivity index (χ4v) is 8.13. The van der Waals surface area contributed by atoms with Gasteiger partial charge >= 0.3 is 0 Å². The fraction of sp³-hybridized carbons (Fsp3) is 0.625. The number of aromatic nitrogens is 2. The number of anilines is 2. The number of hydrogen-bond donors (Lipinski definition) is 2. The van der Waals surface area contributed by atoms with Gasteiger partial charge in [0.25, 0.3) is 0 Å². The smallest absolute Gasteiger partial charge is 0.230 e. The summed E-state index contributed by atoms with van der Waals surface area (Å²) >= 11 is 2.91. The highest BCUT2D eigenvalue weighted by Gasteiger charge is 2.53. The first-order valence-electron chi connectivity index (χ1n) is 11.8. The molecule has 6 nitrogen and oxygen atoms in total. The molecule has 0 saturated heterocycles. The van der Waals surface area contributed by atoms with Crippen LogP contribution in [0.25, 0.3) is 0 Å². The van der Waals surface area contributed by atoms with Gasteiger partial charge in [-0.2, -0.15) is 0 Å². The molecule has 32 heavy (non-hydrogen) atoms. The van der Waals surface area contributed by atoms with Crippen molar-refractivity contribution in [2.45, 2.75) is 62.8 Å². The highest BCUT2D eigenvalue weighted by atomic mass is 32.2. The van der Waals surface area contributed by atoms with Gasteiger partial charge in [0.15, 0.2) is 4.34 Å². The van der Waals surface area contributed by atoms with E-state index in [1.54, 1.807) is 0 Å². The molecule has 0 radical (unpaired) electrons. The van der Waals surface area contributed by atoms with Gasteiger partial charge in [-0.25, -0.2) is 0 Å². The highest BCUT2D eigenvalue weighted by Crippen LogP contribution is 2.61. The molecule has 0 spiro atoms. The third-order valence-electron chi connectivity index (χ3n) is 7.54. The minimum absolute atomic E-state index is 0.102. The van der Waals surface area contributed by atoms with Gasteiger partial charge in [0.1, 0.15) is 5.75 Å². The Hall–Kier alpha value is -1.80. The average Bonchev–Trinajstić information content (AvgIpc) is 3.20. The van der Waals surface area contributed by atoms with Gasteiger partial charge in [0.2, 0.25) is 11.0 Å². The zero-order chi connectivity index (χ0) is 22.1. The Morgan fingerprint density at radius 3 is 2.56 bits per heavy atom. The summed E-state index contributed by atoms with van der Waals surface area (Å²) in [7, 11) is 0. The third-order valence-corrected chi connectivity index (χ3v) is 9.52. The molecule has 6 rings (SSSR count). The summed E-state index contributed by atoms with van der Waals surface area (Å²) in [5, 5.41) is 15.8. The maximum atomic E-state index is 12.7. The Morgan fingerprint density at radius 1 is 1.19 bits per heavy atom. The summed E-state index contributed by atoms with van der Waals surface area (Å²) in [6.45, 7) is 4.80. The van der Waals surface area contributed by atoms with E-state index in [4.69, 9.17) is 4.74 Å². The Labute approximate surface area is 198 Å². The first-order chi connectivity index (χ1) is 15.5. The molecule has 2 aromatic rings. The van der Waals surface area contributed by atoms with E-state index in [0.717, 1.165) is 33.5 Å². The van der Waals surface area contributed by atoms with Crippen LogP contribution in [0, 0.1) is 23.2 Å². The number of ether oxygens (including phenoxy) is 1. The lowest BCUT2D eigenvalue weighted by atomic mass is 9.48. The van der Waals surface area contributed by atoms with E-state index in [9.17, 15) is 4.79 Å². The molecule has 1 heterocycles. The van der Waals surface area contributed by atoms with Crippen LogP contribution >= 0.6 is 23.1 Å². The maximum absolute atomic E-state index is 12.7. The maximum Gasteiger partial charge on any atom is 0.230 e. The molecule has 4 fully saturated rings. The molecule has 4 bridgehead atoms. The lowest BCUT2D eigenvalue weighted by Gasteiger charge is -2.59. The van der Waals surface area contributed by atoms with Crippen LogP contribution in [0.1, 0.15) is 52.4 Å². The number of para-hydroxylation sites is 2. The summed E-state index contributed by atoms with van der Waals surface area (Å²) in [5.74, 6) is 3.96. The molecule has 1 aromatic heterocycles. The molecular formula is C24H32N4O2S2. The molecule has 1 aromatic carbocycles. The Kier molecular flexibility index (Phi) is 6.34. The van der Waals surface area contributed by atoms with E-state index in [1.165, 1.54) is 61.6 Å². The first kappa shape index (κ1) is 22.0. The van der Waals surface area contributed by atoms with Crippen LogP contribution in [0.5, 0.6) is 5.75 Å². The molecule has 8 heteroatoms. The lowest BCUT2D eigenvalue weighted by Crippen LogP contribution is -2.56. The highest BCUT2D eigenvalue weighted by molar-refractivity contribution is 8.01. The summed E-state index contributed by atoms with van der Waals surface area (Å²) in [4.78, 5) is 12.7. The number of hydrogen-bond acceptors (Lipinski definition) is 7. The Balaban J connectivity index is 1.13. The van der Waals surface area contributed by atoms with E-state index < -0.39 is 0 Å². The van der Waals surface area contributed by atoms with Crippen molar-refractivity contribution in [2.75, 3.05) is 17.7 Å². The molecule has 0 aliphatic heterocycles. The van der Waals surface area contributed by atoms with Crippen molar-refractivity contribution in [2.24, 2.45) is 23.2 Å². The topological polar surface area (TPSA) is 76.1 Å². The molecule has 1 atom stereocenters. The second-order valence-corrected chi connectivity index (χ2v) is 12.0. The SMILES string of the molecule is CCOc1ccccc1Nc1nnc(SCC(=O)N[C@H](C)C23CC4CC(CC(C4)C2)C3)s1. The molecule has 172 valence electrons. The summed E-state index contributed by atoms with van der Waals surface area (Å²) in [6, 6.07) is 8.04. The van der Waals surface area contributed by atoms with Crippen LogP contribution in [0.4, 0.5) is 10.8 Å². The average molecular weight is 473 g/mol. The summed E-state index contributed by atoms with van der Waals surface area (Å²) in [6.07, 6.45) is 8.21. The second kappa shape index (κ2) is 9.21. The predicted octanol–water partition coefficient (Wildman–Crippen LogP) is 5.49.